The summed E-state index contributed by atoms with van der Waals surface area (Å²) in [6.45, 7) is 1.60. The molecular formula is C20H16O3. The van der Waals surface area contributed by atoms with E-state index in [1.165, 1.54) is 0 Å². The summed E-state index contributed by atoms with van der Waals surface area (Å²) in [5, 5.41) is 1.78. The minimum absolute atomic E-state index is 0.209. The van der Waals surface area contributed by atoms with E-state index >= 15 is 0 Å². The maximum atomic E-state index is 12.4. The van der Waals surface area contributed by atoms with Gasteiger partial charge in [0.2, 0.25) is 5.78 Å². The molecule has 3 rings (SSSR count). The number of esters is 1. The number of carbonyl (C=O) groups is 2. The van der Waals surface area contributed by atoms with Crippen LogP contribution < -0.4 is 0 Å². The van der Waals surface area contributed by atoms with E-state index in [0.717, 1.165) is 10.8 Å². The molecule has 114 valence electrons. The van der Waals surface area contributed by atoms with Crippen molar-refractivity contribution in [2.45, 2.75) is 13.0 Å². The Morgan fingerprint density at radius 3 is 2.26 bits per heavy atom. The van der Waals surface area contributed by atoms with E-state index in [4.69, 9.17) is 4.74 Å². The van der Waals surface area contributed by atoms with Crippen LogP contribution in [0.4, 0.5) is 0 Å². The van der Waals surface area contributed by atoms with Gasteiger partial charge in [-0.2, -0.15) is 0 Å². The molecule has 3 heteroatoms. The summed E-state index contributed by atoms with van der Waals surface area (Å²) < 4.78 is 5.37. The lowest BCUT2D eigenvalue weighted by Crippen LogP contribution is -2.24. The maximum absolute atomic E-state index is 12.4. The van der Waals surface area contributed by atoms with Crippen molar-refractivity contribution in [2.75, 3.05) is 0 Å². The molecule has 3 aromatic carbocycles. The van der Waals surface area contributed by atoms with Crippen molar-refractivity contribution >= 4 is 22.5 Å². The van der Waals surface area contributed by atoms with E-state index < -0.39 is 12.1 Å². The molecule has 0 amide bonds. The van der Waals surface area contributed by atoms with Crippen molar-refractivity contribution in [3.8, 4) is 0 Å². The van der Waals surface area contributed by atoms with Gasteiger partial charge in [-0.15, -0.1) is 0 Å². The zero-order chi connectivity index (χ0) is 16.2. The van der Waals surface area contributed by atoms with Crippen LogP contribution in [0.25, 0.3) is 10.8 Å². The van der Waals surface area contributed by atoms with Gasteiger partial charge in [-0.25, -0.2) is 4.79 Å². The van der Waals surface area contributed by atoms with Gasteiger partial charge in [0.05, 0.1) is 5.56 Å². The number of Topliss-reactive ketones (excluding diaryl/α,β-unsaturated/α-hetero) is 1. The summed E-state index contributed by atoms with van der Waals surface area (Å²) in [5.74, 6) is -0.697. The molecule has 0 saturated heterocycles. The first kappa shape index (κ1) is 15.0. The monoisotopic (exact) mass is 304 g/mol. The standard InChI is InChI=1S/C20H16O3/c1-14(19(21)16-9-3-2-4-10-16)23-20(22)18-13-7-11-15-8-5-6-12-17(15)18/h2-14H,1H3/t14-/m1/s1. The van der Waals surface area contributed by atoms with Crippen LogP contribution in [-0.4, -0.2) is 17.9 Å². The zero-order valence-corrected chi connectivity index (χ0v) is 12.7. The van der Waals surface area contributed by atoms with Crippen LogP contribution >= 0.6 is 0 Å². The molecule has 0 N–H and O–H groups in total. The minimum Gasteiger partial charge on any atom is -0.451 e. The Hall–Kier alpha value is -2.94. The Labute approximate surface area is 134 Å². The van der Waals surface area contributed by atoms with Crippen molar-refractivity contribution in [1.29, 1.82) is 0 Å². The topological polar surface area (TPSA) is 43.4 Å². The van der Waals surface area contributed by atoms with E-state index in [1.807, 2.05) is 42.5 Å². The largest absolute Gasteiger partial charge is 0.451 e. The van der Waals surface area contributed by atoms with Crippen molar-refractivity contribution < 1.29 is 14.3 Å². The molecule has 3 nitrogen and oxygen atoms in total. The lowest BCUT2D eigenvalue weighted by molar-refractivity contribution is 0.0321. The van der Waals surface area contributed by atoms with E-state index in [2.05, 4.69) is 0 Å². The number of carbonyl (C=O) groups excluding carboxylic acids is 2. The third kappa shape index (κ3) is 3.14. The molecule has 0 unspecified atom stereocenters. The molecule has 0 radical (unpaired) electrons. The van der Waals surface area contributed by atoms with Crippen LogP contribution in [0.2, 0.25) is 0 Å². The number of ether oxygens (including phenoxy) is 1. The Balaban J connectivity index is 1.82. The number of hydrogen-bond acceptors (Lipinski definition) is 3. The van der Waals surface area contributed by atoms with E-state index in [9.17, 15) is 9.59 Å². The van der Waals surface area contributed by atoms with Gasteiger partial charge in [0.25, 0.3) is 0 Å². The third-order valence-corrected chi connectivity index (χ3v) is 3.72. The fraction of sp³-hybridized carbons (Fsp3) is 0.100. The van der Waals surface area contributed by atoms with Gasteiger partial charge in [-0.3, -0.25) is 4.79 Å². The fourth-order valence-electron chi connectivity index (χ4n) is 2.52. The van der Waals surface area contributed by atoms with Crippen LogP contribution in [0.1, 0.15) is 27.6 Å². The molecular weight excluding hydrogens is 288 g/mol. The lowest BCUT2D eigenvalue weighted by Gasteiger charge is -2.13. The van der Waals surface area contributed by atoms with Gasteiger partial charge >= 0.3 is 5.97 Å². The average Bonchev–Trinajstić information content (AvgIpc) is 2.61. The summed E-state index contributed by atoms with van der Waals surface area (Å²) in [7, 11) is 0. The molecule has 0 saturated carbocycles. The normalized spacial score (nSPS) is 11.9. The van der Waals surface area contributed by atoms with Crippen LogP contribution in [0.3, 0.4) is 0 Å². The molecule has 0 aliphatic carbocycles. The average molecular weight is 304 g/mol. The van der Waals surface area contributed by atoms with Crippen molar-refractivity contribution in [1.82, 2.24) is 0 Å². The number of fused-ring (bicyclic) bond motifs is 1. The highest BCUT2D eigenvalue weighted by molar-refractivity contribution is 6.06. The van der Waals surface area contributed by atoms with Gasteiger partial charge < -0.3 is 4.74 Å². The molecule has 0 fully saturated rings. The number of hydrogen-bond donors (Lipinski definition) is 0. The Kier molecular flexibility index (Phi) is 4.20. The SMILES string of the molecule is C[C@@H](OC(=O)c1cccc2ccccc12)C(=O)c1ccccc1. The minimum atomic E-state index is -0.830. The van der Waals surface area contributed by atoms with Gasteiger partial charge in [-0.05, 0) is 23.8 Å². The molecule has 0 spiro atoms. The Bertz CT molecular complexity index is 848. The predicted molar refractivity (Wildman–Crippen MR) is 89.6 cm³/mol. The highest BCUT2D eigenvalue weighted by Gasteiger charge is 2.21. The fourth-order valence-corrected chi connectivity index (χ4v) is 2.52. The van der Waals surface area contributed by atoms with E-state index in [-0.39, 0.29) is 5.78 Å². The number of ketones is 1. The zero-order valence-electron chi connectivity index (χ0n) is 12.7. The molecule has 3 aromatic rings. The number of benzene rings is 3. The van der Waals surface area contributed by atoms with Gasteiger partial charge in [0, 0.05) is 5.56 Å². The Morgan fingerprint density at radius 2 is 1.48 bits per heavy atom. The molecule has 1 atom stereocenters. The molecule has 0 aliphatic rings. The summed E-state index contributed by atoms with van der Waals surface area (Å²) in [5.41, 5.74) is 1.00. The highest BCUT2D eigenvalue weighted by atomic mass is 16.5. The van der Waals surface area contributed by atoms with Gasteiger partial charge in [0.15, 0.2) is 6.10 Å². The first-order valence-electron chi connectivity index (χ1n) is 7.45. The second-order valence-corrected chi connectivity index (χ2v) is 5.30. The summed E-state index contributed by atoms with van der Waals surface area (Å²) in [6.07, 6.45) is -0.830. The quantitative estimate of drug-likeness (QED) is 0.534. The molecule has 0 aromatic heterocycles. The second kappa shape index (κ2) is 6.44. The van der Waals surface area contributed by atoms with Crippen LogP contribution in [0.15, 0.2) is 72.8 Å². The van der Waals surface area contributed by atoms with Crippen LogP contribution in [0, 0.1) is 0 Å². The predicted octanol–water partition coefficient (Wildman–Crippen LogP) is 4.27. The summed E-state index contributed by atoms with van der Waals surface area (Å²) >= 11 is 0. The maximum Gasteiger partial charge on any atom is 0.339 e. The highest BCUT2D eigenvalue weighted by Crippen LogP contribution is 2.20. The molecule has 23 heavy (non-hydrogen) atoms. The van der Waals surface area contributed by atoms with E-state index in [1.54, 1.807) is 37.3 Å². The van der Waals surface area contributed by atoms with Crippen LogP contribution in [0.5, 0.6) is 0 Å². The first-order valence-corrected chi connectivity index (χ1v) is 7.45. The Morgan fingerprint density at radius 1 is 0.826 bits per heavy atom. The third-order valence-electron chi connectivity index (χ3n) is 3.72. The number of rotatable bonds is 4. The van der Waals surface area contributed by atoms with Crippen molar-refractivity contribution in [2.24, 2.45) is 0 Å². The van der Waals surface area contributed by atoms with Crippen molar-refractivity contribution in [3.63, 3.8) is 0 Å². The van der Waals surface area contributed by atoms with Crippen LogP contribution in [-0.2, 0) is 4.74 Å². The van der Waals surface area contributed by atoms with Gasteiger partial charge in [-0.1, -0.05) is 66.7 Å². The lowest BCUT2D eigenvalue weighted by atomic mass is 10.0. The van der Waals surface area contributed by atoms with Gasteiger partial charge in [0.1, 0.15) is 0 Å². The molecule has 0 heterocycles. The second-order valence-electron chi connectivity index (χ2n) is 5.30. The smallest absolute Gasteiger partial charge is 0.339 e. The first-order chi connectivity index (χ1) is 11.2. The summed E-state index contributed by atoms with van der Waals surface area (Å²) in [6, 6.07) is 21.9. The van der Waals surface area contributed by atoms with E-state index in [0.29, 0.717) is 11.1 Å². The van der Waals surface area contributed by atoms with Crippen molar-refractivity contribution in [3.05, 3.63) is 83.9 Å². The molecule has 0 bridgehead atoms. The molecule has 0 aliphatic heterocycles. The summed E-state index contributed by atoms with van der Waals surface area (Å²) in [4.78, 5) is 24.7.